The molecule has 88 valence electrons. The van der Waals surface area contributed by atoms with Gasteiger partial charge in [0.2, 0.25) is 0 Å². The van der Waals surface area contributed by atoms with Crippen LogP contribution in [-0.4, -0.2) is 34.3 Å². The first-order chi connectivity index (χ1) is 7.81. The number of aromatic nitrogens is 2. The highest BCUT2D eigenvalue weighted by atomic mass is 16.3. The third-order valence-electron chi connectivity index (χ3n) is 3.03. The third kappa shape index (κ3) is 2.41. The fourth-order valence-electron chi connectivity index (χ4n) is 1.94. The van der Waals surface area contributed by atoms with E-state index in [2.05, 4.69) is 14.9 Å². The second kappa shape index (κ2) is 5.12. The van der Waals surface area contributed by atoms with Crippen LogP contribution in [0, 0.1) is 0 Å². The molecule has 16 heavy (non-hydrogen) atoms. The first kappa shape index (κ1) is 11.1. The Morgan fingerprint density at radius 2 is 2.38 bits per heavy atom. The maximum atomic E-state index is 11.2. The van der Waals surface area contributed by atoms with Crippen LogP contribution in [-0.2, 0) is 0 Å². The first-order valence-corrected chi connectivity index (χ1v) is 5.73. The normalized spacial score (nSPS) is 15.8. The lowest BCUT2D eigenvalue weighted by Crippen LogP contribution is -2.42. The zero-order valence-corrected chi connectivity index (χ0v) is 9.22. The summed E-state index contributed by atoms with van der Waals surface area (Å²) in [5, 5.41) is 8.87. The van der Waals surface area contributed by atoms with Crippen molar-refractivity contribution < 1.29 is 5.11 Å². The van der Waals surface area contributed by atoms with Gasteiger partial charge in [-0.2, -0.15) is 0 Å². The molecule has 5 nitrogen and oxygen atoms in total. The lowest BCUT2D eigenvalue weighted by molar-refractivity contribution is 0.282. The molecule has 1 heterocycles. The molecular weight excluding hydrogens is 206 g/mol. The second-order valence-corrected chi connectivity index (χ2v) is 4.12. The van der Waals surface area contributed by atoms with Crippen LogP contribution in [0.5, 0.6) is 0 Å². The highest BCUT2D eigenvalue weighted by molar-refractivity contribution is 5.38. The average Bonchev–Trinajstić information content (AvgIpc) is 2.21. The molecule has 1 aliphatic rings. The van der Waals surface area contributed by atoms with Gasteiger partial charge in [0.25, 0.3) is 5.56 Å². The molecule has 0 radical (unpaired) electrons. The van der Waals surface area contributed by atoms with Gasteiger partial charge in [-0.3, -0.25) is 4.79 Å². The number of aromatic amines is 1. The van der Waals surface area contributed by atoms with E-state index in [1.807, 2.05) is 0 Å². The molecule has 1 aromatic rings. The molecule has 0 unspecified atom stereocenters. The van der Waals surface area contributed by atoms with Crippen molar-refractivity contribution in [3.8, 4) is 0 Å². The molecule has 1 aromatic heterocycles. The van der Waals surface area contributed by atoms with Crippen molar-refractivity contribution >= 4 is 5.82 Å². The van der Waals surface area contributed by atoms with Crippen molar-refractivity contribution in [2.45, 2.75) is 31.7 Å². The number of H-pyrrole nitrogens is 1. The molecule has 0 atom stereocenters. The number of hydrogen-bond donors (Lipinski definition) is 2. The topological polar surface area (TPSA) is 69.2 Å². The Hall–Kier alpha value is -1.36. The Labute approximate surface area is 94.1 Å². The zero-order chi connectivity index (χ0) is 11.4. The van der Waals surface area contributed by atoms with E-state index in [0.29, 0.717) is 12.5 Å². The van der Waals surface area contributed by atoms with Crippen LogP contribution >= 0.6 is 0 Å². The predicted molar refractivity (Wildman–Crippen MR) is 61.5 cm³/mol. The standard InChI is InChI=1S/C11H17N3O2/c15-6-2-5-14(9-3-1-4-9)10-7-11(16)13-8-12-10/h7-9,15H,1-6H2,(H,12,13,16). The van der Waals surface area contributed by atoms with Gasteiger partial charge in [-0.05, 0) is 25.7 Å². The largest absolute Gasteiger partial charge is 0.396 e. The van der Waals surface area contributed by atoms with E-state index in [-0.39, 0.29) is 12.2 Å². The number of anilines is 1. The predicted octanol–water partition coefficient (Wildman–Crippen LogP) is 0.511. The van der Waals surface area contributed by atoms with Gasteiger partial charge < -0.3 is 15.0 Å². The van der Waals surface area contributed by atoms with Crippen molar-refractivity contribution in [3.05, 3.63) is 22.7 Å². The van der Waals surface area contributed by atoms with Crippen LogP contribution < -0.4 is 10.5 Å². The highest BCUT2D eigenvalue weighted by Crippen LogP contribution is 2.27. The summed E-state index contributed by atoms with van der Waals surface area (Å²) < 4.78 is 0. The Balaban J connectivity index is 2.13. The van der Waals surface area contributed by atoms with E-state index in [4.69, 9.17) is 5.11 Å². The minimum atomic E-state index is -0.127. The average molecular weight is 223 g/mol. The van der Waals surface area contributed by atoms with Gasteiger partial charge in [-0.1, -0.05) is 0 Å². The molecular formula is C11H17N3O2. The molecule has 0 aromatic carbocycles. The number of aliphatic hydroxyl groups is 1. The molecule has 2 N–H and O–H groups in total. The summed E-state index contributed by atoms with van der Waals surface area (Å²) in [5.41, 5.74) is -0.127. The fourth-order valence-corrected chi connectivity index (χ4v) is 1.94. The van der Waals surface area contributed by atoms with E-state index in [0.717, 1.165) is 25.2 Å². The van der Waals surface area contributed by atoms with Crippen LogP contribution in [0.3, 0.4) is 0 Å². The van der Waals surface area contributed by atoms with Gasteiger partial charge in [0.15, 0.2) is 0 Å². The summed E-state index contributed by atoms with van der Waals surface area (Å²) in [6.45, 7) is 0.935. The number of aliphatic hydroxyl groups excluding tert-OH is 1. The van der Waals surface area contributed by atoms with Crippen molar-refractivity contribution in [1.82, 2.24) is 9.97 Å². The van der Waals surface area contributed by atoms with Crippen LogP contribution in [0.25, 0.3) is 0 Å². The number of hydrogen-bond acceptors (Lipinski definition) is 4. The Morgan fingerprint density at radius 1 is 1.56 bits per heavy atom. The summed E-state index contributed by atoms with van der Waals surface area (Å²) >= 11 is 0. The van der Waals surface area contributed by atoms with Crippen molar-refractivity contribution in [2.75, 3.05) is 18.1 Å². The molecule has 5 heteroatoms. The van der Waals surface area contributed by atoms with Crippen LogP contribution in [0.15, 0.2) is 17.2 Å². The molecule has 0 amide bonds. The molecule has 0 spiro atoms. The lowest BCUT2D eigenvalue weighted by atomic mass is 9.91. The maximum Gasteiger partial charge on any atom is 0.252 e. The van der Waals surface area contributed by atoms with E-state index in [1.165, 1.54) is 18.8 Å². The SMILES string of the molecule is O=c1cc(N(CCCO)C2CCC2)nc[nH]1. The van der Waals surface area contributed by atoms with Crippen LogP contribution in [0.4, 0.5) is 5.82 Å². The zero-order valence-electron chi connectivity index (χ0n) is 9.22. The summed E-state index contributed by atoms with van der Waals surface area (Å²) in [7, 11) is 0. The van der Waals surface area contributed by atoms with Gasteiger partial charge in [-0.15, -0.1) is 0 Å². The minimum Gasteiger partial charge on any atom is -0.396 e. The first-order valence-electron chi connectivity index (χ1n) is 5.73. The van der Waals surface area contributed by atoms with Crippen LogP contribution in [0.1, 0.15) is 25.7 Å². The summed E-state index contributed by atoms with van der Waals surface area (Å²) in [4.78, 5) is 20.1. The van der Waals surface area contributed by atoms with E-state index in [1.54, 1.807) is 0 Å². The second-order valence-electron chi connectivity index (χ2n) is 4.12. The Morgan fingerprint density at radius 3 is 2.94 bits per heavy atom. The molecule has 0 aliphatic heterocycles. The van der Waals surface area contributed by atoms with Crippen molar-refractivity contribution in [3.63, 3.8) is 0 Å². The number of rotatable bonds is 5. The monoisotopic (exact) mass is 223 g/mol. The molecule has 2 rings (SSSR count). The van der Waals surface area contributed by atoms with Gasteiger partial charge in [-0.25, -0.2) is 4.98 Å². The summed E-state index contributed by atoms with van der Waals surface area (Å²) in [6, 6.07) is 2.01. The number of nitrogens with zero attached hydrogens (tertiary/aromatic N) is 2. The third-order valence-corrected chi connectivity index (χ3v) is 3.03. The molecule has 1 fully saturated rings. The molecule has 1 saturated carbocycles. The Kier molecular flexibility index (Phi) is 3.56. The van der Waals surface area contributed by atoms with E-state index >= 15 is 0 Å². The summed E-state index contributed by atoms with van der Waals surface area (Å²) in [6.07, 6.45) is 5.69. The Bertz CT molecular complexity index is 387. The molecule has 1 aliphatic carbocycles. The molecule has 0 bridgehead atoms. The van der Waals surface area contributed by atoms with Crippen molar-refractivity contribution in [1.29, 1.82) is 0 Å². The van der Waals surface area contributed by atoms with Gasteiger partial charge >= 0.3 is 0 Å². The van der Waals surface area contributed by atoms with E-state index in [9.17, 15) is 4.79 Å². The number of nitrogens with one attached hydrogen (secondary N) is 1. The maximum absolute atomic E-state index is 11.2. The van der Waals surface area contributed by atoms with Gasteiger partial charge in [0.1, 0.15) is 5.82 Å². The van der Waals surface area contributed by atoms with E-state index < -0.39 is 0 Å². The highest BCUT2D eigenvalue weighted by Gasteiger charge is 2.25. The smallest absolute Gasteiger partial charge is 0.252 e. The minimum absolute atomic E-state index is 0.127. The lowest BCUT2D eigenvalue weighted by Gasteiger charge is -2.38. The van der Waals surface area contributed by atoms with Gasteiger partial charge in [0, 0.05) is 25.3 Å². The van der Waals surface area contributed by atoms with Crippen molar-refractivity contribution in [2.24, 2.45) is 0 Å². The fraction of sp³-hybridized carbons (Fsp3) is 0.636. The van der Waals surface area contributed by atoms with Gasteiger partial charge in [0.05, 0.1) is 6.33 Å². The quantitative estimate of drug-likeness (QED) is 0.763. The van der Waals surface area contributed by atoms with Crippen LogP contribution in [0.2, 0.25) is 0 Å². The molecule has 0 saturated heterocycles. The summed E-state index contributed by atoms with van der Waals surface area (Å²) in [5.74, 6) is 0.724.